The minimum atomic E-state index is -3.39. The summed E-state index contributed by atoms with van der Waals surface area (Å²) in [5.74, 6) is 0.0845. The summed E-state index contributed by atoms with van der Waals surface area (Å²) in [6, 6.07) is 17.5. The van der Waals surface area contributed by atoms with Crippen molar-refractivity contribution in [2.75, 3.05) is 44.2 Å². The SMILES string of the molecule is O=C(C1CCN(c2nc3ccccc3o2)CC1)N1CCN(S(=O)(=O)Cc2ccccc2)CC1. The normalized spacial score (nSPS) is 18.7. The van der Waals surface area contributed by atoms with E-state index in [1.807, 2.05) is 59.5 Å². The second kappa shape index (κ2) is 9.15. The number of piperidine rings is 1. The molecule has 3 aromatic rings. The first kappa shape index (κ1) is 21.9. The van der Waals surface area contributed by atoms with Crippen molar-refractivity contribution in [1.82, 2.24) is 14.2 Å². The van der Waals surface area contributed by atoms with E-state index in [-0.39, 0.29) is 17.6 Å². The number of anilines is 1. The summed E-state index contributed by atoms with van der Waals surface area (Å²) in [6.07, 6.45) is 1.48. The average Bonchev–Trinajstić information content (AvgIpc) is 3.29. The maximum absolute atomic E-state index is 13.1. The lowest BCUT2D eigenvalue weighted by Crippen LogP contribution is -2.53. The van der Waals surface area contributed by atoms with Crippen LogP contribution < -0.4 is 4.90 Å². The third-order valence-corrected chi connectivity index (χ3v) is 8.38. The van der Waals surface area contributed by atoms with Crippen molar-refractivity contribution >= 4 is 33.0 Å². The highest BCUT2D eigenvalue weighted by atomic mass is 32.2. The van der Waals surface area contributed by atoms with E-state index < -0.39 is 10.0 Å². The molecule has 5 rings (SSSR count). The van der Waals surface area contributed by atoms with Crippen LogP contribution in [0.5, 0.6) is 0 Å². The van der Waals surface area contributed by atoms with Gasteiger partial charge in [-0.25, -0.2) is 8.42 Å². The summed E-state index contributed by atoms with van der Waals surface area (Å²) < 4.78 is 32.9. The molecule has 0 saturated carbocycles. The molecule has 1 aromatic heterocycles. The highest BCUT2D eigenvalue weighted by molar-refractivity contribution is 7.88. The Bertz CT molecular complexity index is 1180. The van der Waals surface area contributed by atoms with Gasteiger partial charge in [-0.05, 0) is 30.5 Å². The van der Waals surface area contributed by atoms with Gasteiger partial charge in [0.2, 0.25) is 15.9 Å². The molecule has 0 atom stereocenters. The van der Waals surface area contributed by atoms with Crippen LogP contribution in [-0.2, 0) is 20.6 Å². The molecule has 2 saturated heterocycles. The number of hydrogen-bond acceptors (Lipinski definition) is 6. The summed E-state index contributed by atoms with van der Waals surface area (Å²) in [6.45, 7) is 3.02. The van der Waals surface area contributed by atoms with Gasteiger partial charge in [0.15, 0.2) is 5.58 Å². The Morgan fingerprint density at radius 3 is 2.27 bits per heavy atom. The number of amides is 1. The number of oxazole rings is 1. The van der Waals surface area contributed by atoms with Crippen LogP contribution in [0.2, 0.25) is 0 Å². The Morgan fingerprint density at radius 2 is 1.58 bits per heavy atom. The molecule has 2 fully saturated rings. The third kappa shape index (κ3) is 4.74. The number of piperazine rings is 1. The Kier molecular flexibility index (Phi) is 6.07. The summed E-state index contributed by atoms with van der Waals surface area (Å²) in [5.41, 5.74) is 2.39. The van der Waals surface area contributed by atoms with Gasteiger partial charge in [-0.3, -0.25) is 4.79 Å². The van der Waals surface area contributed by atoms with Crippen LogP contribution in [0.25, 0.3) is 11.1 Å². The van der Waals surface area contributed by atoms with Crippen LogP contribution in [0, 0.1) is 5.92 Å². The first-order valence-corrected chi connectivity index (χ1v) is 13.0. The van der Waals surface area contributed by atoms with Gasteiger partial charge < -0.3 is 14.2 Å². The van der Waals surface area contributed by atoms with E-state index in [2.05, 4.69) is 9.88 Å². The zero-order valence-corrected chi connectivity index (χ0v) is 19.3. The van der Waals surface area contributed by atoms with Gasteiger partial charge >= 0.3 is 0 Å². The molecule has 9 heteroatoms. The lowest BCUT2D eigenvalue weighted by molar-refractivity contribution is -0.137. The fourth-order valence-corrected chi connectivity index (χ4v) is 6.15. The Balaban J connectivity index is 1.13. The Morgan fingerprint density at radius 1 is 0.909 bits per heavy atom. The minimum absolute atomic E-state index is 0.00390. The predicted octanol–water partition coefficient (Wildman–Crippen LogP) is 2.72. The molecule has 8 nitrogen and oxygen atoms in total. The van der Waals surface area contributed by atoms with Gasteiger partial charge in [0, 0.05) is 45.2 Å². The third-order valence-electron chi connectivity index (χ3n) is 6.53. The van der Waals surface area contributed by atoms with Crippen LogP contribution in [0.3, 0.4) is 0 Å². The molecule has 1 amide bonds. The summed E-state index contributed by atoms with van der Waals surface area (Å²) in [4.78, 5) is 21.6. The van der Waals surface area contributed by atoms with Crippen LogP contribution in [0.15, 0.2) is 59.0 Å². The molecule has 0 radical (unpaired) electrons. The fourth-order valence-electron chi connectivity index (χ4n) is 4.63. The molecule has 3 heterocycles. The Hall–Kier alpha value is -2.91. The molecular weight excluding hydrogens is 440 g/mol. The van der Waals surface area contributed by atoms with E-state index in [9.17, 15) is 13.2 Å². The summed E-state index contributed by atoms with van der Waals surface area (Å²) in [7, 11) is -3.39. The van der Waals surface area contributed by atoms with E-state index in [4.69, 9.17) is 4.42 Å². The molecule has 2 aromatic carbocycles. The quantitative estimate of drug-likeness (QED) is 0.572. The topological polar surface area (TPSA) is 87.0 Å². The molecule has 2 aliphatic heterocycles. The van der Waals surface area contributed by atoms with Crippen LogP contribution in [0.1, 0.15) is 18.4 Å². The summed E-state index contributed by atoms with van der Waals surface area (Å²) >= 11 is 0. The number of para-hydroxylation sites is 2. The highest BCUT2D eigenvalue weighted by Gasteiger charge is 2.34. The zero-order valence-electron chi connectivity index (χ0n) is 18.5. The second-order valence-corrected chi connectivity index (χ2v) is 10.7. The molecular formula is C24H28N4O4S. The maximum Gasteiger partial charge on any atom is 0.298 e. The molecule has 0 bridgehead atoms. The van der Waals surface area contributed by atoms with Crippen molar-refractivity contribution in [1.29, 1.82) is 0 Å². The van der Waals surface area contributed by atoms with Gasteiger partial charge in [-0.1, -0.05) is 42.5 Å². The molecule has 0 N–H and O–H groups in total. The number of sulfonamides is 1. The first-order valence-electron chi connectivity index (χ1n) is 11.4. The zero-order chi connectivity index (χ0) is 22.8. The largest absolute Gasteiger partial charge is 0.423 e. The van der Waals surface area contributed by atoms with Crippen molar-refractivity contribution in [3.63, 3.8) is 0 Å². The molecule has 33 heavy (non-hydrogen) atoms. The van der Waals surface area contributed by atoms with Crippen LogP contribution in [-0.4, -0.2) is 67.8 Å². The van der Waals surface area contributed by atoms with Crippen LogP contribution >= 0.6 is 0 Å². The smallest absolute Gasteiger partial charge is 0.298 e. The van der Waals surface area contributed by atoms with Gasteiger partial charge in [0.05, 0.1) is 5.75 Å². The standard InChI is InChI=1S/C24H28N4O4S/c29-23(20-10-12-27(13-11-20)24-25-21-8-4-5-9-22(21)32-24)26-14-16-28(17-15-26)33(30,31)18-19-6-2-1-3-7-19/h1-9,20H,10-18H2. The summed E-state index contributed by atoms with van der Waals surface area (Å²) in [5, 5.41) is 0. The number of carbonyl (C=O) groups is 1. The van der Waals surface area contributed by atoms with Gasteiger partial charge in [0.25, 0.3) is 6.01 Å². The monoisotopic (exact) mass is 468 g/mol. The number of rotatable bonds is 5. The molecule has 174 valence electrons. The molecule has 0 aliphatic carbocycles. The highest BCUT2D eigenvalue weighted by Crippen LogP contribution is 2.27. The van der Waals surface area contributed by atoms with E-state index in [0.29, 0.717) is 45.3 Å². The number of carbonyl (C=O) groups excluding carboxylic acids is 1. The molecule has 0 unspecified atom stereocenters. The van der Waals surface area contributed by atoms with Crippen molar-refractivity contribution in [3.8, 4) is 0 Å². The second-order valence-electron chi connectivity index (χ2n) is 8.69. The molecule has 2 aliphatic rings. The number of fused-ring (bicyclic) bond motifs is 1. The van der Waals surface area contributed by atoms with E-state index in [1.165, 1.54) is 4.31 Å². The number of benzene rings is 2. The minimum Gasteiger partial charge on any atom is -0.423 e. The lowest BCUT2D eigenvalue weighted by atomic mass is 9.95. The van der Waals surface area contributed by atoms with Crippen molar-refractivity contribution in [3.05, 3.63) is 60.2 Å². The first-order chi connectivity index (χ1) is 16.0. The van der Waals surface area contributed by atoms with E-state index >= 15 is 0 Å². The average molecular weight is 469 g/mol. The fraction of sp³-hybridized carbons (Fsp3) is 0.417. The Labute approximate surface area is 193 Å². The number of nitrogens with zero attached hydrogens (tertiary/aromatic N) is 4. The van der Waals surface area contributed by atoms with E-state index in [1.54, 1.807) is 0 Å². The van der Waals surface area contributed by atoms with Gasteiger partial charge in [-0.2, -0.15) is 9.29 Å². The predicted molar refractivity (Wildman–Crippen MR) is 126 cm³/mol. The lowest BCUT2D eigenvalue weighted by Gasteiger charge is -2.37. The van der Waals surface area contributed by atoms with Crippen molar-refractivity contribution < 1.29 is 17.6 Å². The van der Waals surface area contributed by atoms with Gasteiger partial charge in [0.1, 0.15) is 5.52 Å². The van der Waals surface area contributed by atoms with Crippen molar-refractivity contribution in [2.24, 2.45) is 5.92 Å². The van der Waals surface area contributed by atoms with E-state index in [0.717, 1.165) is 29.5 Å². The molecule has 0 spiro atoms. The number of hydrogen-bond donors (Lipinski definition) is 0. The van der Waals surface area contributed by atoms with Crippen LogP contribution in [0.4, 0.5) is 6.01 Å². The van der Waals surface area contributed by atoms with Crippen molar-refractivity contribution in [2.45, 2.75) is 18.6 Å². The maximum atomic E-state index is 13.1. The number of aromatic nitrogens is 1. The van der Waals surface area contributed by atoms with Gasteiger partial charge in [-0.15, -0.1) is 0 Å².